The van der Waals surface area contributed by atoms with E-state index in [1.165, 1.54) is 32.6 Å². The van der Waals surface area contributed by atoms with Crippen molar-refractivity contribution < 1.29 is 19.4 Å². The maximum Gasteiger partial charge on any atom is 0.342 e. The zero-order valence-electron chi connectivity index (χ0n) is 13.8. The maximum absolute atomic E-state index is 11.7. The molecule has 1 aromatic carbocycles. The summed E-state index contributed by atoms with van der Waals surface area (Å²) in [7, 11) is 2.77. The third-order valence-electron chi connectivity index (χ3n) is 3.03. The molecule has 0 aliphatic rings. The summed E-state index contributed by atoms with van der Waals surface area (Å²) in [4.78, 5) is 35.9. The molecule has 1 heterocycles. The summed E-state index contributed by atoms with van der Waals surface area (Å²) < 4.78 is 10.0. The number of H-pyrrole nitrogens is 2. The molecule has 1 amide bonds. The zero-order valence-corrected chi connectivity index (χ0v) is 13.8. The van der Waals surface area contributed by atoms with Crippen molar-refractivity contribution in [1.29, 1.82) is 0 Å². The van der Waals surface area contributed by atoms with E-state index in [1.54, 1.807) is 0 Å². The summed E-state index contributed by atoms with van der Waals surface area (Å²) in [5.74, 6) is -0.563. The molecule has 0 bridgehead atoms. The molecule has 12 nitrogen and oxygen atoms in total. The predicted molar refractivity (Wildman–Crippen MR) is 90.9 cm³/mol. The number of amides is 1. The van der Waals surface area contributed by atoms with E-state index < -0.39 is 17.2 Å². The second-order valence-corrected chi connectivity index (χ2v) is 4.78. The van der Waals surface area contributed by atoms with E-state index in [2.05, 4.69) is 20.9 Å². The van der Waals surface area contributed by atoms with Crippen LogP contribution < -0.4 is 31.5 Å². The Morgan fingerprint density at radius 1 is 1.31 bits per heavy atom. The topological polar surface area (TPSA) is 171 Å². The van der Waals surface area contributed by atoms with Gasteiger partial charge in [0, 0.05) is 5.56 Å². The van der Waals surface area contributed by atoms with Gasteiger partial charge >= 0.3 is 5.69 Å². The number of carbonyl (C=O) groups excluding carboxylic acids is 1. The lowest BCUT2D eigenvalue weighted by Gasteiger charge is -2.09. The van der Waals surface area contributed by atoms with Gasteiger partial charge in [0.15, 0.2) is 11.5 Å². The molecular formula is C14H16N6O6. The van der Waals surface area contributed by atoms with Crippen molar-refractivity contribution in [3.05, 3.63) is 38.5 Å². The first-order valence-corrected chi connectivity index (χ1v) is 7.14. The smallest absolute Gasteiger partial charge is 0.342 e. The minimum absolute atomic E-state index is 0.154. The number of phenols is 1. The second-order valence-electron chi connectivity index (χ2n) is 4.78. The summed E-state index contributed by atoms with van der Waals surface area (Å²) >= 11 is 0. The highest BCUT2D eigenvalue weighted by Crippen LogP contribution is 2.36. The van der Waals surface area contributed by atoms with Gasteiger partial charge in [-0.05, 0) is 12.1 Å². The van der Waals surface area contributed by atoms with Gasteiger partial charge in [-0.2, -0.15) is 5.10 Å². The van der Waals surface area contributed by atoms with Crippen LogP contribution >= 0.6 is 0 Å². The number of hydrogen-bond acceptors (Lipinski definition) is 9. The average Bonchev–Trinajstić information content (AvgIpc) is 2.62. The first-order chi connectivity index (χ1) is 12.4. The van der Waals surface area contributed by atoms with E-state index in [4.69, 9.17) is 9.47 Å². The van der Waals surface area contributed by atoms with Crippen molar-refractivity contribution in [2.75, 3.05) is 26.1 Å². The molecule has 0 aliphatic heterocycles. The van der Waals surface area contributed by atoms with Crippen LogP contribution in [0.5, 0.6) is 17.2 Å². The lowest BCUT2D eigenvalue weighted by Crippen LogP contribution is -2.31. The normalized spacial score (nSPS) is 10.5. The van der Waals surface area contributed by atoms with Crippen molar-refractivity contribution in [3.63, 3.8) is 0 Å². The van der Waals surface area contributed by atoms with Gasteiger partial charge in [0.25, 0.3) is 11.5 Å². The molecule has 26 heavy (non-hydrogen) atoms. The van der Waals surface area contributed by atoms with Crippen molar-refractivity contribution in [2.24, 2.45) is 5.10 Å². The summed E-state index contributed by atoms with van der Waals surface area (Å²) in [6, 6.07) is 2.99. The van der Waals surface area contributed by atoms with Crippen LogP contribution in [-0.4, -0.2) is 53.2 Å². The molecule has 0 aliphatic carbocycles. The van der Waals surface area contributed by atoms with E-state index in [-0.39, 0.29) is 29.6 Å². The third-order valence-corrected chi connectivity index (χ3v) is 3.03. The number of nitrogens with zero attached hydrogens (tertiary/aromatic N) is 2. The Bertz CT molecular complexity index is 909. The van der Waals surface area contributed by atoms with Crippen LogP contribution in [0.2, 0.25) is 0 Å². The Hall–Kier alpha value is -3.83. The van der Waals surface area contributed by atoms with Crippen LogP contribution in [0, 0.1) is 0 Å². The van der Waals surface area contributed by atoms with Gasteiger partial charge in [0.2, 0.25) is 11.6 Å². The minimum Gasteiger partial charge on any atom is -0.502 e. The minimum atomic E-state index is -0.756. The Balaban J connectivity index is 1.96. The fourth-order valence-corrected chi connectivity index (χ4v) is 1.84. The number of nitrogens with one attached hydrogen (secondary N) is 4. The number of rotatable bonds is 7. The molecule has 0 spiro atoms. The van der Waals surface area contributed by atoms with Gasteiger partial charge < -0.3 is 19.9 Å². The molecule has 5 N–H and O–H groups in total. The van der Waals surface area contributed by atoms with E-state index in [1.807, 2.05) is 10.1 Å². The molecule has 0 atom stereocenters. The van der Waals surface area contributed by atoms with Crippen molar-refractivity contribution in [1.82, 2.24) is 20.6 Å². The largest absolute Gasteiger partial charge is 0.502 e. The van der Waals surface area contributed by atoms with Gasteiger partial charge in [-0.3, -0.25) is 14.6 Å². The number of aromatic hydroxyl groups is 1. The highest BCUT2D eigenvalue weighted by Gasteiger charge is 2.10. The fourth-order valence-electron chi connectivity index (χ4n) is 1.84. The van der Waals surface area contributed by atoms with Crippen LogP contribution in [0.15, 0.2) is 26.8 Å². The third kappa shape index (κ3) is 4.59. The standard InChI is InChI=1S/C14H16N6O6/c1-25-8-3-7(4-9(26-2)11(8)22)5-16-18-10(21)6-15-12-13(23)17-14(24)20-19-12/h3-5,22H,6H2,1-2H3,(H,15,19)(H,18,21)(H2,17,20,23,24)/b16-5+. The molecule has 2 rings (SSSR count). The number of phenolic OH excluding ortho intramolecular Hbond substituents is 1. The molecule has 138 valence electrons. The van der Waals surface area contributed by atoms with E-state index >= 15 is 0 Å². The Morgan fingerprint density at radius 3 is 2.54 bits per heavy atom. The highest BCUT2D eigenvalue weighted by atomic mass is 16.5. The van der Waals surface area contributed by atoms with Crippen LogP contribution in [0.4, 0.5) is 5.82 Å². The number of aromatic nitrogens is 3. The van der Waals surface area contributed by atoms with Gasteiger partial charge in [-0.15, -0.1) is 5.10 Å². The molecule has 0 saturated carbocycles. The number of aromatic amines is 2. The monoisotopic (exact) mass is 364 g/mol. The lowest BCUT2D eigenvalue weighted by atomic mass is 10.2. The van der Waals surface area contributed by atoms with Gasteiger partial charge in [0.1, 0.15) is 0 Å². The Morgan fingerprint density at radius 2 is 1.96 bits per heavy atom. The summed E-state index contributed by atoms with van der Waals surface area (Å²) in [5.41, 5.74) is 1.23. The van der Waals surface area contributed by atoms with E-state index in [9.17, 15) is 19.5 Å². The average molecular weight is 364 g/mol. The number of hydrogen-bond donors (Lipinski definition) is 5. The van der Waals surface area contributed by atoms with Crippen LogP contribution in [-0.2, 0) is 4.79 Å². The Labute approximate surface area is 145 Å². The first kappa shape index (κ1) is 18.5. The van der Waals surface area contributed by atoms with Gasteiger partial charge in [0.05, 0.1) is 27.0 Å². The van der Waals surface area contributed by atoms with Crippen molar-refractivity contribution >= 4 is 17.9 Å². The predicted octanol–water partition coefficient (Wildman–Crippen LogP) is -1.26. The quantitative estimate of drug-likeness (QED) is 0.299. The summed E-state index contributed by atoms with van der Waals surface area (Å²) in [6.45, 7) is -0.304. The van der Waals surface area contributed by atoms with Crippen LogP contribution in [0.1, 0.15) is 5.56 Å². The molecule has 1 aromatic heterocycles. The fraction of sp³-hybridized carbons (Fsp3) is 0.214. The molecule has 0 fully saturated rings. The number of carbonyl (C=O) groups is 1. The van der Waals surface area contributed by atoms with E-state index in [0.717, 1.165) is 0 Å². The first-order valence-electron chi connectivity index (χ1n) is 7.14. The molecule has 12 heteroatoms. The number of ether oxygens (including phenoxy) is 2. The van der Waals surface area contributed by atoms with E-state index in [0.29, 0.717) is 5.56 Å². The number of benzene rings is 1. The maximum atomic E-state index is 11.7. The van der Waals surface area contributed by atoms with Gasteiger partial charge in [-0.1, -0.05) is 0 Å². The number of hydrazone groups is 1. The zero-order chi connectivity index (χ0) is 19.1. The number of methoxy groups -OCH3 is 2. The second kappa shape index (κ2) is 8.32. The summed E-state index contributed by atoms with van der Waals surface area (Å²) in [5, 5.41) is 21.5. The van der Waals surface area contributed by atoms with Gasteiger partial charge in [-0.25, -0.2) is 15.3 Å². The Kier molecular flexibility index (Phi) is 5.92. The van der Waals surface area contributed by atoms with Crippen molar-refractivity contribution in [3.8, 4) is 17.2 Å². The molecule has 2 aromatic rings. The van der Waals surface area contributed by atoms with Crippen LogP contribution in [0.3, 0.4) is 0 Å². The SMILES string of the molecule is COc1cc(/C=N/NC(=O)CNc2n[nH]c(=O)[nH]c2=O)cc(OC)c1O. The lowest BCUT2D eigenvalue weighted by molar-refractivity contribution is -0.119. The molecule has 0 saturated heterocycles. The highest BCUT2D eigenvalue weighted by molar-refractivity contribution is 5.85. The number of anilines is 1. The summed E-state index contributed by atoms with van der Waals surface area (Å²) in [6.07, 6.45) is 1.31. The molecule has 0 radical (unpaired) electrons. The molecule has 0 unspecified atom stereocenters. The van der Waals surface area contributed by atoms with Crippen molar-refractivity contribution in [2.45, 2.75) is 0 Å². The molecular weight excluding hydrogens is 348 g/mol. The van der Waals surface area contributed by atoms with Crippen LogP contribution in [0.25, 0.3) is 0 Å².